The lowest BCUT2D eigenvalue weighted by Gasteiger charge is -2.33. The maximum Gasteiger partial charge on any atom is 0.331 e. The smallest absolute Gasteiger partial charge is 0.331 e. The Morgan fingerprint density at radius 3 is 3.00 bits per heavy atom. The van der Waals surface area contributed by atoms with Crippen LogP contribution in [0.5, 0.6) is 0 Å². The van der Waals surface area contributed by atoms with E-state index < -0.39 is 17.0 Å². The van der Waals surface area contributed by atoms with Crippen molar-refractivity contribution in [2.75, 3.05) is 6.61 Å². The molecule has 4 nitrogen and oxygen atoms in total. The standard InChI is InChI=1S/C16H18O4/c1-4-20-14(18)7-5-6-8-16(19)11(2)9-13(17)12-10-15(12,16)3/h5,7,9,12,19H,4,10H2,1-3H3/b7-5-. The van der Waals surface area contributed by atoms with Crippen molar-refractivity contribution in [1.29, 1.82) is 0 Å². The maximum atomic E-state index is 11.7. The minimum Gasteiger partial charge on any atom is -0.463 e. The molecule has 0 aromatic heterocycles. The predicted molar refractivity (Wildman–Crippen MR) is 73.5 cm³/mol. The van der Waals surface area contributed by atoms with Gasteiger partial charge in [-0.05, 0) is 38.0 Å². The van der Waals surface area contributed by atoms with Crippen LogP contribution in [0.2, 0.25) is 0 Å². The number of hydrogen-bond acceptors (Lipinski definition) is 4. The van der Waals surface area contributed by atoms with Crippen LogP contribution in [0.1, 0.15) is 27.2 Å². The fourth-order valence-corrected chi connectivity index (χ4v) is 2.74. The van der Waals surface area contributed by atoms with Crippen molar-refractivity contribution in [2.24, 2.45) is 11.3 Å². The van der Waals surface area contributed by atoms with Crippen LogP contribution < -0.4 is 0 Å². The Kier molecular flexibility index (Phi) is 3.58. The number of rotatable bonds is 2. The molecule has 0 amide bonds. The summed E-state index contributed by atoms with van der Waals surface area (Å²) >= 11 is 0. The van der Waals surface area contributed by atoms with Crippen molar-refractivity contribution in [3.63, 3.8) is 0 Å². The maximum absolute atomic E-state index is 11.7. The summed E-state index contributed by atoms with van der Waals surface area (Å²) in [5.74, 6) is 4.93. The van der Waals surface area contributed by atoms with Crippen molar-refractivity contribution in [3.8, 4) is 11.8 Å². The lowest BCUT2D eigenvalue weighted by atomic mass is 9.74. The molecule has 0 bridgehead atoms. The molecule has 3 unspecified atom stereocenters. The minimum atomic E-state index is -1.30. The highest BCUT2D eigenvalue weighted by atomic mass is 16.5. The molecule has 106 valence electrons. The van der Waals surface area contributed by atoms with E-state index in [0.717, 1.165) is 0 Å². The molecule has 0 aliphatic heterocycles. The van der Waals surface area contributed by atoms with Crippen molar-refractivity contribution < 1.29 is 19.4 Å². The van der Waals surface area contributed by atoms with Gasteiger partial charge in [0.25, 0.3) is 0 Å². The second-order valence-electron chi connectivity index (χ2n) is 5.47. The SMILES string of the molecule is CCOC(=O)/C=C\C#CC1(O)C(C)=CC(=O)C2CC21C. The van der Waals surface area contributed by atoms with E-state index in [1.54, 1.807) is 13.8 Å². The zero-order valence-corrected chi connectivity index (χ0v) is 11.9. The second kappa shape index (κ2) is 4.92. The third kappa shape index (κ3) is 2.19. The number of carbonyl (C=O) groups is 2. The van der Waals surface area contributed by atoms with E-state index in [-0.39, 0.29) is 11.7 Å². The van der Waals surface area contributed by atoms with E-state index in [0.29, 0.717) is 18.6 Å². The number of fused-ring (bicyclic) bond motifs is 1. The van der Waals surface area contributed by atoms with Gasteiger partial charge in [-0.1, -0.05) is 18.8 Å². The summed E-state index contributed by atoms with van der Waals surface area (Å²) in [5, 5.41) is 10.8. The van der Waals surface area contributed by atoms with Gasteiger partial charge in [0, 0.05) is 17.4 Å². The van der Waals surface area contributed by atoms with Gasteiger partial charge < -0.3 is 9.84 Å². The van der Waals surface area contributed by atoms with Crippen LogP contribution in [0, 0.1) is 23.2 Å². The third-order valence-electron chi connectivity index (χ3n) is 4.18. The summed E-state index contributed by atoms with van der Waals surface area (Å²) < 4.78 is 4.73. The Labute approximate surface area is 118 Å². The van der Waals surface area contributed by atoms with Gasteiger partial charge in [0.15, 0.2) is 11.4 Å². The second-order valence-corrected chi connectivity index (χ2v) is 5.47. The molecule has 0 aromatic rings. The van der Waals surface area contributed by atoms with Crippen molar-refractivity contribution >= 4 is 11.8 Å². The molecule has 1 saturated carbocycles. The average Bonchev–Trinajstić information content (AvgIpc) is 3.08. The molecule has 0 spiro atoms. The van der Waals surface area contributed by atoms with Crippen LogP contribution >= 0.6 is 0 Å². The summed E-state index contributed by atoms with van der Waals surface area (Å²) in [6.45, 7) is 5.61. The van der Waals surface area contributed by atoms with Crippen molar-refractivity contribution in [2.45, 2.75) is 32.8 Å². The number of esters is 1. The molecule has 0 radical (unpaired) electrons. The van der Waals surface area contributed by atoms with Gasteiger partial charge in [0.2, 0.25) is 0 Å². The van der Waals surface area contributed by atoms with Crippen LogP contribution in [0.25, 0.3) is 0 Å². The van der Waals surface area contributed by atoms with Gasteiger partial charge in [-0.15, -0.1) is 0 Å². The van der Waals surface area contributed by atoms with Gasteiger partial charge in [-0.2, -0.15) is 0 Å². The summed E-state index contributed by atoms with van der Waals surface area (Å²) in [7, 11) is 0. The molecule has 0 heterocycles. The monoisotopic (exact) mass is 274 g/mol. The molecule has 3 atom stereocenters. The number of hydrogen-bond donors (Lipinski definition) is 1. The number of carbonyl (C=O) groups excluding carboxylic acids is 2. The van der Waals surface area contributed by atoms with Crippen LogP contribution in [0.15, 0.2) is 23.8 Å². The number of ketones is 1. The highest BCUT2D eigenvalue weighted by molar-refractivity contribution is 5.97. The highest BCUT2D eigenvalue weighted by Crippen LogP contribution is 2.63. The summed E-state index contributed by atoms with van der Waals surface area (Å²) in [6.07, 6.45) is 4.70. The predicted octanol–water partition coefficient (Wildman–Crippen LogP) is 1.40. The Morgan fingerprint density at radius 2 is 2.35 bits per heavy atom. The number of ether oxygens (including phenoxy) is 1. The van der Waals surface area contributed by atoms with Gasteiger partial charge in [0.1, 0.15) is 0 Å². The molecule has 1 N–H and O–H groups in total. The molecular formula is C16H18O4. The summed E-state index contributed by atoms with van der Waals surface area (Å²) in [6, 6.07) is 0. The van der Waals surface area contributed by atoms with E-state index in [4.69, 9.17) is 4.74 Å². The molecule has 2 rings (SSSR count). The lowest BCUT2D eigenvalue weighted by Crippen LogP contribution is -2.42. The third-order valence-corrected chi connectivity index (χ3v) is 4.18. The molecule has 2 aliphatic carbocycles. The van der Waals surface area contributed by atoms with Gasteiger partial charge in [-0.3, -0.25) is 4.79 Å². The van der Waals surface area contributed by atoms with E-state index in [1.165, 1.54) is 18.2 Å². The van der Waals surface area contributed by atoms with Crippen LogP contribution in [0.3, 0.4) is 0 Å². The molecule has 4 heteroatoms. The first-order valence-electron chi connectivity index (χ1n) is 6.66. The van der Waals surface area contributed by atoms with Crippen molar-refractivity contribution in [1.82, 2.24) is 0 Å². The molecule has 0 saturated heterocycles. The number of allylic oxidation sites excluding steroid dienone is 2. The fourth-order valence-electron chi connectivity index (χ4n) is 2.74. The molecule has 20 heavy (non-hydrogen) atoms. The van der Waals surface area contributed by atoms with Crippen LogP contribution in [0.4, 0.5) is 0 Å². The molecule has 0 aromatic carbocycles. The van der Waals surface area contributed by atoms with Crippen molar-refractivity contribution in [3.05, 3.63) is 23.8 Å². The first-order chi connectivity index (χ1) is 9.35. The zero-order valence-electron chi connectivity index (χ0n) is 11.9. The molecule has 1 fully saturated rings. The summed E-state index contributed by atoms with van der Waals surface area (Å²) in [4.78, 5) is 22.8. The molecular weight excluding hydrogens is 256 g/mol. The summed E-state index contributed by atoms with van der Waals surface area (Å²) in [5.41, 5.74) is -1.24. The van der Waals surface area contributed by atoms with E-state index in [9.17, 15) is 14.7 Å². The fraction of sp³-hybridized carbons (Fsp3) is 0.500. The van der Waals surface area contributed by atoms with Gasteiger partial charge in [-0.25, -0.2) is 4.79 Å². The topological polar surface area (TPSA) is 63.6 Å². The normalized spacial score (nSPS) is 34.9. The first kappa shape index (κ1) is 14.5. The van der Waals surface area contributed by atoms with E-state index in [2.05, 4.69) is 11.8 Å². The highest BCUT2D eigenvalue weighted by Gasteiger charge is 2.67. The van der Waals surface area contributed by atoms with Crippen LogP contribution in [-0.4, -0.2) is 29.1 Å². The van der Waals surface area contributed by atoms with Gasteiger partial charge >= 0.3 is 5.97 Å². The average molecular weight is 274 g/mol. The molecule has 2 aliphatic rings. The number of aliphatic hydroxyl groups is 1. The quantitative estimate of drug-likeness (QED) is 0.469. The van der Waals surface area contributed by atoms with E-state index in [1.807, 2.05) is 6.92 Å². The lowest BCUT2D eigenvalue weighted by molar-refractivity contribution is -0.137. The van der Waals surface area contributed by atoms with Gasteiger partial charge in [0.05, 0.1) is 6.61 Å². The first-order valence-corrected chi connectivity index (χ1v) is 6.66. The largest absolute Gasteiger partial charge is 0.463 e. The Bertz CT molecular complexity index is 575. The zero-order chi connectivity index (χ0) is 15.0. The van der Waals surface area contributed by atoms with Crippen LogP contribution in [-0.2, 0) is 14.3 Å². The Morgan fingerprint density at radius 1 is 1.65 bits per heavy atom. The van der Waals surface area contributed by atoms with E-state index >= 15 is 0 Å². The minimum absolute atomic E-state index is 0.0681. The Balaban J connectivity index is 2.18. The Hall–Kier alpha value is -1.86.